The molecule has 1 aromatic heterocycles. The van der Waals surface area contributed by atoms with E-state index in [0.717, 1.165) is 16.9 Å². The number of aromatic nitrogens is 1. The van der Waals surface area contributed by atoms with Crippen LogP contribution in [-0.4, -0.2) is 4.98 Å². The third-order valence-electron chi connectivity index (χ3n) is 2.84. The predicted molar refractivity (Wildman–Crippen MR) is 69.7 cm³/mol. The summed E-state index contributed by atoms with van der Waals surface area (Å²) >= 11 is 0. The molecule has 3 nitrogen and oxygen atoms in total. The predicted octanol–water partition coefficient (Wildman–Crippen LogP) is 3.67. The van der Waals surface area contributed by atoms with E-state index < -0.39 is 0 Å². The summed E-state index contributed by atoms with van der Waals surface area (Å²) in [5.41, 5.74) is 3.87. The van der Waals surface area contributed by atoms with Gasteiger partial charge in [-0.05, 0) is 55.7 Å². The number of hydrogen-bond donors (Lipinski definition) is 0. The zero-order valence-electron chi connectivity index (χ0n) is 10.7. The molecule has 3 heteroatoms. The van der Waals surface area contributed by atoms with E-state index >= 15 is 0 Å². The lowest BCUT2D eigenvalue weighted by atomic mass is 10.1. The van der Waals surface area contributed by atoms with Crippen LogP contribution in [-0.2, 0) is 0 Å². The Morgan fingerprint density at radius 3 is 2.56 bits per heavy atom. The van der Waals surface area contributed by atoms with E-state index in [-0.39, 0.29) is 0 Å². The molecule has 0 aliphatic carbocycles. The second kappa shape index (κ2) is 4.89. The monoisotopic (exact) mass is 238 g/mol. The van der Waals surface area contributed by atoms with Gasteiger partial charge in [0, 0.05) is 0 Å². The number of ether oxygens (including phenoxy) is 1. The van der Waals surface area contributed by atoms with Gasteiger partial charge in [-0.2, -0.15) is 5.26 Å². The lowest BCUT2D eigenvalue weighted by molar-refractivity contribution is 0.475. The maximum atomic E-state index is 8.68. The van der Waals surface area contributed by atoms with Gasteiger partial charge >= 0.3 is 0 Å². The molecule has 0 saturated heterocycles. The first-order valence-corrected chi connectivity index (χ1v) is 5.72. The van der Waals surface area contributed by atoms with Gasteiger partial charge < -0.3 is 4.74 Å². The summed E-state index contributed by atoms with van der Waals surface area (Å²) in [7, 11) is 0. The number of benzene rings is 1. The number of nitriles is 1. The number of aryl methyl sites for hydroxylation is 2. The Bertz CT molecular complexity index is 610. The number of rotatable bonds is 2. The Kier molecular flexibility index (Phi) is 3.29. The van der Waals surface area contributed by atoms with Gasteiger partial charge in [-0.25, -0.2) is 4.98 Å². The van der Waals surface area contributed by atoms with E-state index in [1.165, 1.54) is 5.56 Å². The summed E-state index contributed by atoms with van der Waals surface area (Å²) in [5, 5.41) is 8.68. The Morgan fingerprint density at radius 1 is 1.17 bits per heavy atom. The van der Waals surface area contributed by atoms with Gasteiger partial charge in [0.15, 0.2) is 0 Å². The fourth-order valence-electron chi connectivity index (χ4n) is 1.74. The summed E-state index contributed by atoms with van der Waals surface area (Å²) in [5.74, 6) is 1.47. The fourth-order valence-corrected chi connectivity index (χ4v) is 1.74. The average molecular weight is 238 g/mol. The quantitative estimate of drug-likeness (QED) is 0.801. The minimum Gasteiger partial charge on any atom is -0.455 e. The SMILES string of the molecule is Cc1cc(C)c(C)c(Oc2ccc(C#N)nc2)c1. The standard InChI is InChI=1S/C15H14N2O/c1-10-6-11(2)12(3)15(7-10)18-14-5-4-13(8-16)17-9-14/h4-7,9H,1-3H3. The Balaban J connectivity index is 2.31. The van der Waals surface area contributed by atoms with E-state index in [0.29, 0.717) is 11.4 Å². The van der Waals surface area contributed by atoms with Crippen molar-refractivity contribution in [3.05, 3.63) is 52.8 Å². The maximum Gasteiger partial charge on any atom is 0.145 e. The van der Waals surface area contributed by atoms with Crippen LogP contribution in [0.2, 0.25) is 0 Å². The highest BCUT2D eigenvalue weighted by Crippen LogP contribution is 2.28. The Hall–Kier alpha value is -2.34. The van der Waals surface area contributed by atoms with Crippen LogP contribution < -0.4 is 4.74 Å². The molecule has 0 spiro atoms. The maximum absolute atomic E-state index is 8.68. The van der Waals surface area contributed by atoms with Crippen LogP contribution in [0.25, 0.3) is 0 Å². The van der Waals surface area contributed by atoms with Crippen molar-refractivity contribution in [3.8, 4) is 17.6 Å². The molecule has 0 saturated carbocycles. The van der Waals surface area contributed by atoms with Gasteiger partial charge in [0.1, 0.15) is 23.3 Å². The molecule has 2 aromatic rings. The fraction of sp³-hybridized carbons (Fsp3) is 0.200. The molecule has 0 amide bonds. The third kappa shape index (κ3) is 2.49. The molecule has 90 valence electrons. The van der Waals surface area contributed by atoms with Crippen molar-refractivity contribution < 1.29 is 4.74 Å². The average Bonchev–Trinajstić information content (AvgIpc) is 2.36. The normalized spacial score (nSPS) is 9.89. The molecule has 0 aliphatic heterocycles. The summed E-state index contributed by atoms with van der Waals surface area (Å²) in [6.07, 6.45) is 1.57. The van der Waals surface area contributed by atoms with E-state index in [1.54, 1.807) is 18.3 Å². The van der Waals surface area contributed by atoms with Crippen LogP contribution in [0.3, 0.4) is 0 Å². The first-order valence-electron chi connectivity index (χ1n) is 5.72. The Morgan fingerprint density at radius 2 is 1.94 bits per heavy atom. The molecule has 0 fully saturated rings. The third-order valence-corrected chi connectivity index (χ3v) is 2.84. The molecular weight excluding hydrogens is 224 g/mol. The van der Waals surface area contributed by atoms with Gasteiger partial charge in [-0.3, -0.25) is 0 Å². The number of hydrogen-bond acceptors (Lipinski definition) is 3. The van der Waals surface area contributed by atoms with E-state index in [4.69, 9.17) is 10.00 Å². The molecular formula is C15H14N2O. The van der Waals surface area contributed by atoms with Crippen molar-refractivity contribution in [2.75, 3.05) is 0 Å². The molecule has 0 aliphatic rings. The lowest BCUT2D eigenvalue weighted by Crippen LogP contribution is -1.92. The molecule has 0 radical (unpaired) electrons. The summed E-state index contributed by atoms with van der Waals surface area (Å²) in [4.78, 5) is 3.98. The van der Waals surface area contributed by atoms with Crippen molar-refractivity contribution in [3.63, 3.8) is 0 Å². The molecule has 2 rings (SSSR count). The summed E-state index contributed by atoms with van der Waals surface area (Å²) in [6.45, 7) is 6.13. The highest BCUT2D eigenvalue weighted by atomic mass is 16.5. The van der Waals surface area contributed by atoms with E-state index in [1.807, 2.05) is 26.0 Å². The van der Waals surface area contributed by atoms with E-state index in [2.05, 4.69) is 18.0 Å². The molecule has 0 bridgehead atoms. The second-order valence-electron chi connectivity index (χ2n) is 4.30. The zero-order valence-corrected chi connectivity index (χ0v) is 10.7. The molecule has 1 heterocycles. The number of nitrogens with zero attached hydrogens (tertiary/aromatic N) is 2. The molecule has 0 N–H and O–H groups in total. The smallest absolute Gasteiger partial charge is 0.145 e. The highest BCUT2D eigenvalue weighted by molar-refractivity contribution is 5.44. The van der Waals surface area contributed by atoms with Gasteiger partial charge in [-0.15, -0.1) is 0 Å². The lowest BCUT2D eigenvalue weighted by Gasteiger charge is -2.11. The highest BCUT2D eigenvalue weighted by Gasteiger charge is 2.05. The second-order valence-corrected chi connectivity index (χ2v) is 4.30. The first kappa shape index (κ1) is 12.1. The Labute approximate surface area is 107 Å². The van der Waals surface area contributed by atoms with Gasteiger partial charge in [-0.1, -0.05) is 6.07 Å². The van der Waals surface area contributed by atoms with Crippen LogP contribution >= 0.6 is 0 Å². The van der Waals surface area contributed by atoms with Crippen molar-refractivity contribution in [1.29, 1.82) is 5.26 Å². The van der Waals surface area contributed by atoms with Crippen LogP contribution in [0.1, 0.15) is 22.4 Å². The molecule has 18 heavy (non-hydrogen) atoms. The largest absolute Gasteiger partial charge is 0.455 e. The van der Waals surface area contributed by atoms with Gasteiger partial charge in [0.25, 0.3) is 0 Å². The minimum absolute atomic E-state index is 0.388. The van der Waals surface area contributed by atoms with Crippen molar-refractivity contribution in [2.45, 2.75) is 20.8 Å². The molecule has 0 atom stereocenters. The van der Waals surface area contributed by atoms with Crippen molar-refractivity contribution in [2.24, 2.45) is 0 Å². The topological polar surface area (TPSA) is 45.9 Å². The van der Waals surface area contributed by atoms with E-state index in [9.17, 15) is 0 Å². The van der Waals surface area contributed by atoms with Crippen LogP contribution in [0.15, 0.2) is 30.5 Å². The summed E-state index contributed by atoms with van der Waals surface area (Å²) in [6, 6.07) is 9.50. The number of pyridine rings is 1. The minimum atomic E-state index is 0.388. The zero-order chi connectivity index (χ0) is 13.1. The molecule has 0 unspecified atom stereocenters. The molecule has 1 aromatic carbocycles. The van der Waals surface area contributed by atoms with Crippen molar-refractivity contribution in [1.82, 2.24) is 4.98 Å². The summed E-state index contributed by atoms with van der Waals surface area (Å²) < 4.78 is 5.80. The van der Waals surface area contributed by atoms with Gasteiger partial charge in [0.05, 0.1) is 6.20 Å². The van der Waals surface area contributed by atoms with Crippen LogP contribution in [0.5, 0.6) is 11.5 Å². The van der Waals surface area contributed by atoms with Crippen LogP contribution in [0.4, 0.5) is 0 Å². The first-order chi connectivity index (χ1) is 8.60. The van der Waals surface area contributed by atoms with Gasteiger partial charge in [0.2, 0.25) is 0 Å². The van der Waals surface area contributed by atoms with Crippen LogP contribution in [0, 0.1) is 32.1 Å². The van der Waals surface area contributed by atoms with Crippen molar-refractivity contribution >= 4 is 0 Å².